The van der Waals surface area contributed by atoms with Crippen LogP contribution in [0.15, 0.2) is 273 Å². The van der Waals surface area contributed by atoms with E-state index in [2.05, 4.69) is 316 Å². The third-order valence-corrected chi connectivity index (χ3v) is 33.3. The molecule has 0 saturated heterocycles. The first-order valence-corrected chi connectivity index (χ1v) is 53.6. The molecule has 0 heterocycles. The Morgan fingerprint density at radius 3 is 0.905 bits per heavy atom. The molecule has 1 fully saturated rings. The maximum Gasteiger partial charge on any atom is 0.373 e. The van der Waals surface area contributed by atoms with Gasteiger partial charge in [-0.2, -0.15) is 9.59 Å². The van der Waals surface area contributed by atoms with Crippen LogP contribution in [0.5, 0.6) is 0 Å². The summed E-state index contributed by atoms with van der Waals surface area (Å²) in [6.07, 6.45) is 11.6. The molecule has 1 N–H and O–H groups in total. The Hall–Kier alpha value is -12.5. The molecule has 0 unspecified atom stereocenters. The van der Waals surface area contributed by atoms with Gasteiger partial charge in [-0.05, 0) is 307 Å². The lowest BCUT2D eigenvalue weighted by Crippen LogP contribution is -2.34. The average Bonchev–Trinajstić information content (AvgIpc) is 1.56. The van der Waals surface area contributed by atoms with Crippen molar-refractivity contribution in [2.45, 2.75) is 224 Å². The normalized spacial score (nSPS) is 15.8. The van der Waals surface area contributed by atoms with Gasteiger partial charge in [-0.15, -0.1) is 0 Å². The van der Waals surface area contributed by atoms with Gasteiger partial charge in [-0.3, -0.25) is 9.59 Å². The molecule has 0 aromatic heterocycles. The maximum absolute atomic E-state index is 14.3. The largest absolute Gasteiger partial charge is 0.478 e. The van der Waals surface area contributed by atoms with Crippen molar-refractivity contribution in [1.82, 2.24) is 0 Å². The van der Waals surface area contributed by atoms with E-state index < -0.39 is 80.7 Å². The third kappa shape index (κ3) is 28.7. The van der Waals surface area contributed by atoms with Gasteiger partial charge in [0.15, 0.2) is 5.78 Å². The highest BCUT2D eigenvalue weighted by molar-refractivity contribution is 8.26. The van der Waals surface area contributed by atoms with E-state index in [1.165, 1.54) is 156 Å². The number of hydrogen-bond acceptors (Lipinski definition) is 14. The van der Waals surface area contributed by atoms with Crippen molar-refractivity contribution in [3.63, 3.8) is 0 Å². The van der Waals surface area contributed by atoms with E-state index in [0.717, 1.165) is 87.0 Å². The molecule has 5 aliphatic carbocycles. The van der Waals surface area contributed by atoms with E-state index in [-0.39, 0.29) is 88.8 Å². The van der Waals surface area contributed by atoms with Crippen LogP contribution in [0.2, 0.25) is 0 Å². The highest BCUT2D eigenvalue weighted by Crippen LogP contribution is 2.57. The summed E-state index contributed by atoms with van der Waals surface area (Å²) in [6, 6.07) is 82.6. The molecule has 147 heavy (non-hydrogen) atoms. The van der Waals surface area contributed by atoms with Crippen molar-refractivity contribution in [2.75, 3.05) is 35.1 Å². The zero-order valence-corrected chi connectivity index (χ0v) is 91.2. The summed E-state index contributed by atoms with van der Waals surface area (Å²) in [5.41, 5.74) is 16.7. The minimum absolute atomic E-state index is 0.00294. The number of aromatic carboxylic acids is 1. The minimum Gasteiger partial charge on any atom is -0.478 e. The molecule has 17 rings (SSSR count). The van der Waals surface area contributed by atoms with Gasteiger partial charge in [-0.25, -0.2) is 50.1 Å². The second-order valence-corrected chi connectivity index (χ2v) is 48.8. The first-order valence-electron chi connectivity index (χ1n) is 48.2. The average molecular weight is 2100 g/mol. The molecule has 0 radical (unpaired) electrons. The fourth-order valence-electron chi connectivity index (χ4n) is 19.3. The zero-order valence-electron chi connectivity index (χ0n) is 87.2. The van der Waals surface area contributed by atoms with Crippen LogP contribution in [0, 0.1) is 29.1 Å². The number of methoxy groups -OCH3 is 4. The standard InChI is InChI=1S/2C24H27FO2.C23H25FO3.C19H18P.C14H20.C9H6ClFO3.C8H7FO2.CO2.Cl2OS/c1-22(2)9-10-23(3,4)19-13-15(6-8-18(19)22)24(11-12-24)16-5-7-17(21(26)27)20(25)14-16;1-15(17-7-9-18(21(25)14-17)22(26)27-6)16-8-10-19-20(13-16)24(4,5)12-11-23(19,2)3;1-22(2)10-11-23(3,4)18-12-14(7-9-17(18)22)20(25)15-6-8-16(19(24)13-15)21(26)27-5;1-20(17-11-5-2-6-12-17,18-13-7-3-8-14-18)19-15-9-4-10-16-19;1-13(2)9-10-14(3,4)12-8-6-5-7-11(12)13;1-14-9(13)6-3-2-5(8(10)12)4-7(6)11;1-11-8(10)6-4-2-3-5-7(6)9;2-1-3;1-4(2)3/h5-8,13-14H,9-12H2,1-4H3,(H,26,27);7-10,13-14H,1,11-12H2,2-6H3;6-9,12-13H,10-11H2,1-5H3;2-16H,1H3;5-8H,9-10H2,1-4H3;2-4H,1H3;2-5H,1H3;;/q;;;+1;;;;;. The number of carboxylic acids is 1. The molecule has 12 aromatic carbocycles. The topological polar surface area (TPSA) is 228 Å². The summed E-state index contributed by atoms with van der Waals surface area (Å²) >= 11 is 5.12. The molecule has 5 aliphatic rings. The van der Waals surface area contributed by atoms with Crippen LogP contribution in [0.3, 0.4) is 0 Å². The number of ether oxygens (including phenoxy) is 4. The van der Waals surface area contributed by atoms with Gasteiger partial charge >= 0.3 is 36.0 Å². The number of rotatable bonds is 15. The van der Waals surface area contributed by atoms with Crippen LogP contribution in [0.25, 0.3) is 5.57 Å². The zero-order chi connectivity index (χ0) is 109. The van der Waals surface area contributed by atoms with Crippen LogP contribution in [-0.2, 0) is 86.5 Å². The van der Waals surface area contributed by atoms with E-state index >= 15 is 0 Å². The lowest BCUT2D eigenvalue weighted by molar-refractivity contribution is -0.191. The van der Waals surface area contributed by atoms with Gasteiger partial charge < -0.3 is 24.1 Å². The highest BCUT2D eigenvalue weighted by atomic mass is 36.0. The van der Waals surface area contributed by atoms with E-state index in [1.54, 1.807) is 29.3 Å². The molecule has 15 nitrogen and oxygen atoms in total. The molecule has 25 heteroatoms. The first-order chi connectivity index (χ1) is 68.9. The monoisotopic (exact) mass is 2100 g/mol. The Bertz CT molecular complexity index is 6580. The van der Waals surface area contributed by atoms with Crippen LogP contribution in [0.1, 0.15) is 320 Å². The number of esters is 4. The lowest BCUT2D eigenvalue weighted by Gasteiger charge is -2.42. The smallest absolute Gasteiger partial charge is 0.373 e. The number of benzene rings is 12. The van der Waals surface area contributed by atoms with Crippen molar-refractivity contribution in [3.8, 4) is 0 Å². The van der Waals surface area contributed by atoms with Crippen LogP contribution >= 0.6 is 40.2 Å². The fourth-order valence-corrected chi connectivity index (χ4v) is 22.6. The van der Waals surface area contributed by atoms with Gasteiger partial charge in [-0.1, -0.05) is 269 Å². The van der Waals surface area contributed by atoms with Crippen molar-refractivity contribution in [1.29, 1.82) is 0 Å². The number of carbonyl (C=O) groups is 7. The Morgan fingerprint density at radius 2 is 0.565 bits per heavy atom. The molecule has 0 spiro atoms. The highest BCUT2D eigenvalue weighted by Gasteiger charge is 2.49. The number of halogens is 8. The summed E-state index contributed by atoms with van der Waals surface area (Å²) in [5.74, 6) is -7.75. The van der Waals surface area contributed by atoms with Crippen molar-refractivity contribution in [3.05, 3.63) is 414 Å². The summed E-state index contributed by atoms with van der Waals surface area (Å²) < 4.78 is 95.6. The van der Waals surface area contributed by atoms with E-state index in [4.69, 9.17) is 30.5 Å². The quantitative estimate of drug-likeness (QED) is 0.0251. The number of carbonyl (C=O) groups excluding carboxylic acids is 8. The summed E-state index contributed by atoms with van der Waals surface area (Å²) in [7, 11) is 10.6. The van der Waals surface area contributed by atoms with E-state index in [9.17, 15) is 55.5 Å². The SMILES string of the molecule is C=C(c1ccc(C(=O)OC)c(F)c1)c1ccc2c(c1)C(C)(C)CCC2(C)C.CC1(C)CCC(C)(C)c2cc(C3(c4ccc(C(=O)O)c(F)c4)CC3)ccc21.CC1(C)CCC(C)(C)c2ccccc21.COC(=O)c1ccc(C(=O)Cl)cc1F.COC(=O)c1ccc(C(=O)c2ccc3c(c2)C(C)(C)CCC3(C)C)cc1F.COC(=O)c1ccccc1F.C[P+](c1ccccc1)(c1ccccc1)c1ccccc1.O=C=O.O=S(Cl)Cl. The first kappa shape index (κ1) is 118. The molecule has 0 atom stereocenters. The Labute approximate surface area is 878 Å². The number of carboxylic acid groups (broad SMARTS) is 1. The molecule has 0 amide bonds. The van der Waals surface area contributed by atoms with Gasteiger partial charge in [0.25, 0.3) is 5.24 Å². The molecule has 12 aromatic rings. The number of fused-ring (bicyclic) bond motifs is 4. The Kier molecular flexibility index (Phi) is 39.8. The number of ketones is 1. The van der Waals surface area contributed by atoms with Crippen molar-refractivity contribution < 1.29 is 93.4 Å². The molecule has 774 valence electrons. The maximum atomic E-state index is 14.3. The predicted octanol–water partition coefficient (Wildman–Crippen LogP) is 28.9. The van der Waals surface area contributed by atoms with E-state index in [0.29, 0.717) is 22.0 Å². The second kappa shape index (κ2) is 49.6. The van der Waals surface area contributed by atoms with Gasteiger partial charge in [0.05, 0.1) is 62.9 Å². The lowest BCUT2D eigenvalue weighted by atomic mass is 9.62. The fraction of sp³-hybridized carbons (Fsp3) is 0.328. The molecule has 0 aliphatic heterocycles. The number of hydrogen-bond donors (Lipinski definition) is 1. The van der Waals surface area contributed by atoms with Crippen molar-refractivity contribution in [2.24, 2.45) is 0 Å². The molecular formula is C122H130Cl3F5O15PS+. The Morgan fingerprint density at radius 1 is 0.320 bits per heavy atom. The van der Waals surface area contributed by atoms with Crippen molar-refractivity contribution >= 4 is 118 Å². The predicted molar refractivity (Wildman–Crippen MR) is 579 cm³/mol. The summed E-state index contributed by atoms with van der Waals surface area (Å²) in [4.78, 5) is 95.8. The molecule has 0 bridgehead atoms. The van der Waals surface area contributed by atoms with Crippen LogP contribution in [-0.4, -0.2) is 91.4 Å². The van der Waals surface area contributed by atoms with Gasteiger partial charge in [0.1, 0.15) is 52.3 Å². The van der Waals surface area contributed by atoms with Gasteiger partial charge in [0, 0.05) is 43.5 Å². The van der Waals surface area contributed by atoms with Gasteiger partial charge in [0.2, 0.25) is 9.23 Å². The summed E-state index contributed by atoms with van der Waals surface area (Å²) in [6.45, 7) is 43.3. The second-order valence-electron chi connectivity index (χ2n) is 42.4. The Balaban J connectivity index is 0.000000192. The minimum atomic E-state index is -1.67. The molecule has 1 saturated carbocycles. The summed E-state index contributed by atoms with van der Waals surface area (Å²) in [5, 5.41) is 12.6. The molecular weight excluding hydrogens is 1970 g/mol. The van der Waals surface area contributed by atoms with E-state index in [1.807, 2.05) is 18.2 Å². The third-order valence-electron chi connectivity index (χ3n) is 29.0. The van der Waals surface area contributed by atoms with Crippen LogP contribution in [0.4, 0.5) is 22.0 Å². The van der Waals surface area contributed by atoms with Crippen LogP contribution < -0.4 is 15.9 Å².